The van der Waals surface area contributed by atoms with E-state index in [9.17, 15) is 13.2 Å². The molecule has 3 aromatic rings. The van der Waals surface area contributed by atoms with E-state index in [0.29, 0.717) is 0 Å². The van der Waals surface area contributed by atoms with E-state index in [4.69, 9.17) is 5.14 Å². The molecule has 27 heavy (non-hydrogen) atoms. The van der Waals surface area contributed by atoms with Gasteiger partial charge in [-0.15, -0.1) is 23.1 Å². The Labute approximate surface area is 166 Å². The molecule has 3 N–H and O–H groups in total. The van der Waals surface area contributed by atoms with Crippen LogP contribution in [0.5, 0.6) is 0 Å². The lowest BCUT2D eigenvalue weighted by Gasteiger charge is -2.17. The molecule has 3 rings (SSSR count). The molecule has 0 aliphatic heterocycles. The Kier molecular flexibility index (Phi) is 6.33. The summed E-state index contributed by atoms with van der Waals surface area (Å²) in [6.07, 6.45) is 0. The standard InChI is InChI=1S/C19H18N2O3S3/c20-27(23,24)17-12-11-16(25-17)13-21-19(22)18(14-7-3-1-4-8-14)26-15-9-5-2-6-10-15/h1-12,18H,13H2,(H,21,22)(H2,20,23,24). The van der Waals surface area contributed by atoms with Gasteiger partial charge >= 0.3 is 0 Å². The molecular formula is C19H18N2O3S3. The summed E-state index contributed by atoms with van der Waals surface area (Å²) in [5, 5.41) is 7.61. The fourth-order valence-corrected chi connectivity index (χ4v) is 5.20. The monoisotopic (exact) mass is 418 g/mol. The van der Waals surface area contributed by atoms with Crippen molar-refractivity contribution in [2.75, 3.05) is 0 Å². The first-order valence-electron chi connectivity index (χ1n) is 8.09. The van der Waals surface area contributed by atoms with E-state index in [1.54, 1.807) is 6.07 Å². The minimum absolute atomic E-state index is 0.0880. The maximum absolute atomic E-state index is 12.9. The second-order valence-corrected chi connectivity index (χ2v) is 9.84. The van der Waals surface area contributed by atoms with E-state index in [1.165, 1.54) is 17.8 Å². The largest absolute Gasteiger partial charge is 0.350 e. The van der Waals surface area contributed by atoms with Crippen LogP contribution in [-0.4, -0.2) is 14.3 Å². The number of benzene rings is 2. The van der Waals surface area contributed by atoms with Crippen molar-refractivity contribution in [3.05, 3.63) is 83.2 Å². The topological polar surface area (TPSA) is 89.3 Å². The van der Waals surface area contributed by atoms with Crippen molar-refractivity contribution in [3.63, 3.8) is 0 Å². The number of carbonyl (C=O) groups excluding carboxylic acids is 1. The zero-order valence-electron chi connectivity index (χ0n) is 14.2. The van der Waals surface area contributed by atoms with E-state index >= 15 is 0 Å². The molecule has 2 aromatic carbocycles. The van der Waals surface area contributed by atoms with Crippen molar-refractivity contribution in [2.45, 2.75) is 20.9 Å². The first-order valence-corrected chi connectivity index (χ1v) is 11.3. The molecule has 0 radical (unpaired) electrons. The van der Waals surface area contributed by atoms with Crippen molar-refractivity contribution >= 4 is 39.0 Å². The van der Waals surface area contributed by atoms with E-state index in [1.807, 2.05) is 60.7 Å². The number of rotatable bonds is 7. The van der Waals surface area contributed by atoms with Crippen molar-refractivity contribution in [1.29, 1.82) is 0 Å². The van der Waals surface area contributed by atoms with Crippen LogP contribution < -0.4 is 10.5 Å². The highest BCUT2D eigenvalue weighted by Crippen LogP contribution is 2.35. The quantitative estimate of drug-likeness (QED) is 0.574. The number of carbonyl (C=O) groups is 1. The third-order valence-corrected chi connectivity index (χ3v) is 7.48. The highest BCUT2D eigenvalue weighted by atomic mass is 32.2. The van der Waals surface area contributed by atoms with Crippen LogP contribution in [0.2, 0.25) is 0 Å². The molecule has 0 bridgehead atoms. The molecule has 0 saturated carbocycles. The molecule has 1 atom stereocenters. The highest BCUT2D eigenvalue weighted by molar-refractivity contribution is 8.00. The number of hydrogen-bond acceptors (Lipinski definition) is 5. The van der Waals surface area contributed by atoms with Crippen molar-refractivity contribution < 1.29 is 13.2 Å². The van der Waals surface area contributed by atoms with E-state index in [0.717, 1.165) is 26.7 Å². The number of thiophene rings is 1. The number of sulfonamides is 1. The van der Waals surface area contributed by atoms with Crippen molar-refractivity contribution in [3.8, 4) is 0 Å². The molecule has 0 spiro atoms. The van der Waals surface area contributed by atoms with Gasteiger partial charge in [0.1, 0.15) is 9.46 Å². The number of primary sulfonamides is 1. The lowest BCUT2D eigenvalue weighted by atomic mass is 10.1. The highest BCUT2D eigenvalue weighted by Gasteiger charge is 2.22. The predicted molar refractivity (Wildman–Crippen MR) is 109 cm³/mol. The molecule has 0 aliphatic rings. The molecule has 0 fully saturated rings. The Balaban J connectivity index is 1.74. The number of amides is 1. The summed E-state index contributed by atoms with van der Waals surface area (Å²) >= 11 is 2.53. The van der Waals surface area contributed by atoms with Gasteiger partial charge < -0.3 is 5.32 Å². The maximum atomic E-state index is 12.9. The molecule has 1 amide bonds. The lowest BCUT2D eigenvalue weighted by Crippen LogP contribution is -2.27. The van der Waals surface area contributed by atoms with Gasteiger partial charge in [0.25, 0.3) is 0 Å². The molecule has 0 saturated heterocycles. The zero-order valence-corrected chi connectivity index (χ0v) is 16.7. The Morgan fingerprint density at radius 3 is 2.22 bits per heavy atom. The van der Waals surface area contributed by atoms with E-state index in [-0.39, 0.29) is 16.7 Å². The molecular weight excluding hydrogens is 400 g/mol. The average Bonchev–Trinajstić information content (AvgIpc) is 3.15. The summed E-state index contributed by atoms with van der Waals surface area (Å²) in [6, 6.07) is 22.4. The number of nitrogens with one attached hydrogen (secondary N) is 1. The maximum Gasteiger partial charge on any atom is 0.247 e. The molecule has 1 unspecified atom stereocenters. The van der Waals surface area contributed by atoms with Crippen LogP contribution in [0.1, 0.15) is 15.7 Å². The Hall–Kier alpha value is -2.13. The zero-order chi connectivity index (χ0) is 19.3. The first kappa shape index (κ1) is 19.6. The van der Waals surface area contributed by atoms with Gasteiger partial charge in [-0.25, -0.2) is 13.6 Å². The predicted octanol–water partition coefficient (Wildman–Crippen LogP) is 3.55. The third kappa shape index (κ3) is 5.43. The second-order valence-electron chi connectivity index (χ2n) is 5.71. The summed E-state index contributed by atoms with van der Waals surface area (Å²) in [6.45, 7) is 0.248. The summed E-state index contributed by atoms with van der Waals surface area (Å²) in [4.78, 5) is 14.6. The smallest absolute Gasteiger partial charge is 0.247 e. The number of hydrogen-bond donors (Lipinski definition) is 2. The van der Waals surface area contributed by atoms with Gasteiger partial charge in [-0.2, -0.15) is 0 Å². The van der Waals surface area contributed by atoms with Crippen LogP contribution in [0.4, 0.5) is 0 Å². The summed E-state index contributed by atoms with van der Waals surface area (Å²) in [5.74, 6) is -0.138. The SMILES string of the molecule is NS(=O)(=O)c1ccc(CNC(=O)C(Sc2ccccc2)c2ccccc2)s1. The van der Waals surface area contributed by atoms with Crippen LogP contribution in [-0.2, 0) is 21.4 Å². The fourth-order valence-electron chi connectivity index (χ4n) is 2.41. The minimum atomic E-state index is -3.72. The van der Waals surface area contributed by atoms with Crippen LogP contribution >= 0.6 is 23.1 Å². The molecule has 1 aromatic heterocycles. The summed E-state index contributed by atoms with van der Waals surface area (Å²) in [7, 11) is -3.72. The molecule has 0 aliphatic carbocycles. The van der Waals surface area contributed by atoms with Gasteiger partial charge in [0.15, 0.2) is 0 Å². The van der Waals surface area contributed by atoms with Gasteiger partial charge in [-0.3, -0.25) is 4.79 Å². The van der Waals surface area contributed by atoms with Crippen molar-refractivity contribution in [2.24, 2.45) is 5.14 Å². The number of thioether (sulfide) groups is 1. The summed E-state index contributed by atoms with van der Waals surface area (Å²) in [5.41, 5.74) is 0.903. The number of nitrogens with two attached hydrogens (primary N) is 1. The van der Waals surface area contributed by atoms with Crippen LogP contribution in [0.15, 0.2) is 81.9 Å². The molecule has 140 valence electrons. The Morgan fingerprint density at radius 2 is 1.63 bits per heavy atom. The molecule has 8 heteroatoms. The second kappa shape index (κ2) is 8.71. The lowest BCUT2D eigenvalue weighted by molar-refractivity contribution is -0.120. The van der Waals surface area contributed by atoms with Crippen LogP contribution in [0.3, 0.4) is 0 Å². The van der Waals surface area contributed by atoms with Crippen LogP contribution in [0, 0.1) is 0 Å². The molecule has 1 heterocycles. The average molecular weight is 419 g/mol. The van der Waals surface area contributed by atoms with Gasteiger partial charge in [0, 0.05) is 9.77 Å². The van der Waals surface area contributed by atoms with Gasteiger partial charge in [0.05, 0.1) is 6.54 Å². The minimum Gasteiger partial charge on any atom is -0.350 e. The summed E-state index contributed by atoms with van der Waals surface area (Å²) < 4.78 is 22.8. The van der Waals surface area contributed by atoms with Gasteiger partial charge in [-0.1, -0.05) is 48.5 Å². The third-order valence-electron chi connectivity index (χ3n) is 3.69. The van der Waals surface area contributed by atoms with E-state index < -0.39 is 15.3 Å². The molecule has 5 nitrogen and oxygen atoms in total. The fraction of sp³-hybridized carbons (Fsp3) is 0.105. The Bertz CT molecular complexity index is 1000. The van der Waals surface area contributed by atoms with Gasteiger partial charge in [0.2, 0.25) is 15.9 Å². The normalized spacial score (nSPS) is 12.5. The van der Waals surface area contributed by atoms with Gasteiger partial charge in [-0.05, 0) is 29.8 Å². The van der Waals surface area contributed by atoms with Crippen LogP contribution in [0.25, 0.3) is 0 Å². The Morgan fingerprint density at radius 1 is 1.00 bits per heavy atom. The first-order chi connectivity index (χ1) is 12.9. The van der Waals surface area contributed by atoms with E-state index in [2.05, 4.69) is 5.32 Å². The van der Waals surface area contributed by atoms with Crippen molar-refractivity contribution in [1.82, 2.24) is 5.32 Å².